The lowest BCUT2D eigenvalue weighted by atomic mass is 9.93. The van der Waals surface area contributed by atoms with E-state index in [0.717, 1.165) is 81.0 Å². The van der Waals surface area contributed by atoms with Crippen LogP contribution in [0.2, 0.25) is 0 Å². The number of amidine groups is 1. The number of nitrogens with one attached hydrogen (secondary N) is 2. The van der Waals surface area contributed by atoms with E-state index in [-0.39, 0.29) is 26.2 Å². The second kappa shape index (κ2) is 31.5. The molecule has 7 N–H and O–H groups in total. The minimum atomic E-state index is -4.27. The molecule has 20 heteroatoms. The van der Waals surface area contributed by atoms with Gasteiger partial charge in [-0.05, 0) is 159 Å². The number of aldehydes is 1. The van der Waals surface area contributed by atoms with E-state index >= 15 is 0 Å². The summed E-state index contributed by atoms with van der Waals surface area (Å²) in [5, 5.41) is 12.1. The molecule has 0 spiro atoms. The fourth-order valence-electron chi connectivity index (χ4n) is 10.3. The summed E-state index contributed by atoms with van der Waals surface area (Å²) in [6.07, 6.45) is 13.4. The van der Waals surface area contributed by atoms with Crippen molar-refractivity contribution >= 4 is 39.1 Å². The van der Waals surface area contributed by atoms with Gasteiger partial charge >= 0.3 is 6.09 Å². The number of aryl methyl sites for hydroxylation is 2. The van der Waals surface area contributed by atoms with Gasteiger partial charge in [-0.3, -0.25) is 20.1 Å². The second-order valence-corrected chi connectivity index (χ2v) is 24.2. The number of carbonyl (C=O) groups is 2. The molecule has 2 aliphatic rings. The molecule has 4 heterocycles. The fraction of sp³-hybridized carbons (Fsp3) is 0.254. The highest BCUT2D eigenvalue weighted by molar-refractivity contribution is 8.06. The van der Waals surface area contributed by atoms with Crippen LogP contribution in [0.5, 0.6) is 23.0 Å². The maximum absolute atomic E-state index is 13.6. The highest BCUT2D eigenvalue weighted by atomic mass is 32.2. The third kappa shape index (κ3) is 17.7. The number of anilines is 1. The van der Waals surface area contributed by atoms with Crippen LogP contribution in [-0.2, 0) is 40.6 Å². The molecule has 2 aromatic heterocycles. The van der Waals surface area contributed by atoms with Crippen LogP contribution in [0.4, 0.5) is 10.5 Å². The maximum Gasteiger partial charge on any atom is 0.410 e. The Hall–Kier alpha value is -9.86. The first-order chi connectivity index (χ1) is 42.9. The van der Waals surface area contributed by atoms with Gasteiger partial charge in [0.05, 0.1) is 37.7 Å². The second-order valence-electron chi connectivity index (χ2n) is 22.2. The van der Waals surface area contributed by atoms with Crippen molar-refractivity contribution < 1.29 is 41.7 Å². The molecule has 19 nitrogen and oxygen atoms in total. The van der Waals surface area contributed by atoms with E-state index in [2.05, 4.69) is 80.5 Å². The number of methoxy groups -OCH3 is 2. The molecule has 0 saturated heterocycles. The molecule has 0 radical (unpaired) electrons. The van der Waals surface area contributed by atoms with E-state index in [4.69, 9.17) is 34.9 Å². The van der Waals surface area contributed by atoms with Crippen LogP contribution in [0, 0.1) is 19.3 Å². The predicted octanol–water partition coefficient (Wildman–Crippen LogP) is 13.3. The van der Waals surface area contributed by atoms with Crippen LogP contribution >= 0.6 is 0 Å². The maximum atomic E-state index is 13.6. The van der Waals surface area contributed by atoms with Crippen molar-refractivity contribution in [1.29, 1.82) is 5.41 Å². The fourth-order valence-corrected chi connectivity index (χ4v) is 11.7. The summed E-state index contributed by atoms with van der Waals surface area (Å²) in [6.45, 7) is 11.2. The zero-order chi connectivity index (χ0) is 63.1. The number of para-hydroxylation sites is 1. The number of imidazole rings is 2. The van der Waals surface area contributed by atoms with Crippen molar-refractivity contribution in [2.45, 2.75) is 85.8 Å². The zero-order valence-electron chi connectivity index (χ0n) is 51.8. The summed E-state index contributed by atoms with van der Waals surface area (Å²) in [5.41, 5.74) is 9.56. The van der Waals surface area contributed by atoms with Crippen molar-refractivity contribution in [1.82, 2.24) is 35.5 Å². The van der Waals surface area contributed by atoms with Gasteiger partial charge in [0, 0.05) is 54.8 Å². The summed E-state index contributed by atoms with van der Waals surface area (Å²) in [7, 11) is -1.08. The number of carbonyl (C=O) groups excluding carboxylic acids is 2. The van der Waals surface area contributed by atoms with Crippen LogP contribution in [0.25, 0.3) is 17.5 Å². The van der Waals surface area contributed by atoms with Gasteiger partial charge in [0.2, 0.25) is 15.0 Å². The van der Waals surface area contributed by atoms with Crippen molar-refractivity contribution in [2.75, 3.05) is 38.1 Å². The number of hydrogen-bond donors (Lipinski definition) is 4. The average Bonchev–Trinajstić information content (AvgIpc) is 1.42. The number of hydrogen-bond acceptors (Lipinski definition) is 15. The summed E-state index contributed by atoms with van der Waals surface area (Å²) in [5.74, 6) is 9.83. The lowest BCUT2D eigenvalue weighted by molar-refractivity contribution is 0.0162. The van der Waals surface area contributed by atoms with Gasteiger partial charge in [-0.2, -0.15) is 0 Å². The van der Waals surface area contributed by atoms with Crippen LogP contribution < -0.4 is 41.3 Å². The van der Waals surface area contributed by atoms with Crippen LogP contribution in [0.15, 0.2) is 195 Å². The quantitative estimate of drug-likeness (QED) is 0.0231. The third-order valence-electron chi connectivity index (χ3n) is 14.9. The molecule has 0 aliphatic carbocycles. The Morgan fingerprint density at radius 2 is 1.18 bits per heavy atom. The van der Waals surface area contributed by atoms with Gasteiger partial charge in [-0.15, -0.1) is 0 Å². The van der Waals surface area contributed by atoms with E-state index < -0.39 is 38.5 Å². The van der Waals surface area contributed by atoms with Crippen molar-refractivity contribution in [3.63, 3.8) is 0 Å². The van der Waals surface area contributed by atoms with E-state index in [1.54, 1.807) is 82.6 Å². The summed E-state index contributed by atoms with van der Waals surface area (Å²) >= 11 is 0. The van der Waals surface area contributed by atoms with Crippen LogP contribution in [-0.4, -0.2) is 88.6 Å². The standard InChI is InChI=1S/C30H36N4O6S.C29H29N3O2.C11H10N2O.CH4.H3N/c1-30(2,3)40-29(35)33-16-15-22-17-27(39-19-21-11-7-5-8-12-21)26(38-4)18-24(22)25(33)20-41(36,37)28(31)34(32)23-13-9-6-10-14-23;1-21-30-16-17-32(21)25-11-8-22(9-12-25)10-13-27-26-19-28(33-2)29(18-24(26)14-15-31-27)34-20-23-6-4-3-5-7-23;1-9-12-6-7-13(9)11-4-2-10(8-14)3-5-11;;/h5-14,17-18,25,31H,15-16,19-20,32H2,1-4H3;3-13,16-19,27,31H,14-15,20H2,1-2H3;2-8H,1H3;1H4;1H3/b;13-10+;;;. The molecule has 2 aliphatic heterocycles. The lowest BCUT2D eigenvalue weighted by Gasteiger charge is -2.38. The number of fused-ring (bicyclic) bond motifs is 2. The third-order valence-corrected chi connectivity index (χ3v) is 16.5. The molecule has 1 amide bonds. The summed E-state index contributed by atoms with van der Waals surface area (Å²) < 4.78 is 60.3. The number of aromatic nitrogens is 4. The zero-order valence-corrected chi connectivity index (χ0v) is 52.6. The van der Waals surface area contributed by atoms with Gasteiger partial charge in [-0.1, -0.05) is 111 Å². The van der Waals surface area contributed by atoms with Crippen molar-refractivity contribution in [2.24, 2.45) is 5.84 Å². The molecular formula is C71H82N10O9S. The van der Waals surface area contributed by atoms with Crippen molar-refractivity contribution in [3.8, 4) is 34.4 Å². The number of amides is 1. The van der Waals surface area contributed by atoms with E-state index in [9.17, 15) is 18.0 Å². The largest absolute Gasteiger partial charge is 0.493 e. The Labute approximate surface area is 534 Å². The first kappa shape index (κ1) is 68.6. The number of rotatable bonds is 16. The Kier molecular flexibility index (Phi) is 23.8. The minimum absolute atomic E-state index is 0. The number of nitrogens with zero attached hydrogens (tertiary/aromatic N) is 6. The van der Waals surface area contributed by atoms with Crippen LogP contribution in [0.3, 0.4) is 0 Å². The molecule has 9 aromatic rings. The van der Waals surface area contributed by atoms with Gasteiger partial charge in [0.25, 0.3) is 0 Å². The monoisotopic (exact) mass is 1250 g/mol. The molecular weight excluding hydrogens is 1170 g/mol. The van der Waals surface area contributed by atoms with E-state index in [1.165, 1.54) is 23.1 Å². The molecule has 7 aromatic carbocycles. The predicted molar refractivity (Wildman–Crippen MR) is 359 cm³/mol. The number of nitrogens with two attached hydrogens (primary N) is 1. The van der Waals surface area contributed by atoms with E-state index in [0.29, 0.717) is 47.9 Å². The molecule has 11 rings (SSSR count). The molecule has 0 fully saturated rings. The number of ether oxygens (including phenoxy) is 5. The molecule has 91 heavy (non-hydrogen) atoms. The summed E-state index contributed by atoms with van der Waals surface area (Å²) in [6, 6.07) is 51.1. The molecule has 2 unspecified atom stereocenters. The van der Waals surface area contributed by atoms with Gasteiger partial charge < -0.3 is 44.3 Å². The molecule has 0 bridgehead atoms. The van der Waals surface area contributed by atoms with Gasteiger partial charge in [0.1, 0.15) is 36.7 Å². The topological polar surface area (TPSA) is 253 Å². The molecule has 2 atom stereocenters. The average molecular weight is 1250 g/mol. The SMILES string of the molecule is C.COc1cc2c(cc1OCc1ccccc1)CCN(C(=O)OC(C)(C)C)C2CS(=O)(=O)C(=N)N(N)c1ccccc1.COc1cc2c(cc1OCc1ccccc1)CCNC2/C=C/c1ccc(-n2ccnc2C)cc1.Cc1nccn1-c1ccc(C=O)cc1.N. The normalized spacial score (nSPS) is 14.0. The lowest BCUT2D eigenvalue weighted by Crippen LogP contribution is -2.48. The molecule has 0 saturated carbocycles. The Morgan fingerprint density at radius 1 is 0.692 bits per heavy atom. The van der Waals surface area contributed by atoms with Crippen LogP contribution in [0.1, 0.15) is 101 Å². The highest BCUT2D eigenvalue weighted by Crippen LogP contribution is 2.41. The van der Waals surface area contributed by atoms with Gasteiger partial charge in [-0.25, -0.2) is 29.0 Å². The summed E-state index contributed by atoms with van der Waals surface area (Å²) in [4.78, 5) is 33.6. The van der Waals surface area contributed by atoms with Gasteiger partial charge in [0.15, 0.2) is 23.0 Å². The first-order valence-corrected chi connectivity index (χ1v) is 30.8. The van der Waals surface area contributed by atoms with E-state index in [1.807, 2.05) is 104 Å². The number of benzene rings is 7. The first-order valence-electron chi connectivity index (χ1n) is 29.1. The van der Waals surface area contributed by atoms with Crippen molar-refractivity contribution in [3.05, 3.63) is 251 Å². The molecule has 476 valence electrons. The smallest absolute Gasteiger partial charge is 0.410 e. The number of hydrazine groups is 1. The Balaban J connectivity index is 0.000000211. The number of sulfone groups is 1. The minimum Gasteiger partial charge on any atom is -0.493 e. The highest BCUT2D eigenvalue weighted by Gasteiger charge is 2.39. The Bertz CT molecular complexity index is 3990. The Morgan fingerprint density at radius 3 is 1.65 bits per heavy atom.